The zero-order valence-corrected chi connectivity index (χ0v) is 13.5. The minimum absolute atomic E-state index is 0. The summed E-state index contributed by atoms with van der Waals surface area (Å²) in [6.07, 6.45) is 3.94. The first kappa shape index (κ1) is 16.5. The second kappa shape index (κ2) is 7.95. The van der Waals surface area contributed by atoms with Crippen molar-refractivity contribution in [2.24, 2.45) is 9.98 Å². The molecule has 0 amide bonds. The topological polar surface area (TPSA) is 36.8 Å². The van der Waals surface area contributed by atoms with Gasteiger partial charge in [0.1, 0.15) is 0 Å². The number of nitrogens with one attached hydrogen (secondary N) is 1. The Morgan fingerprint density at radius 2 is 1.36 bits per heavy atom. The number of hydrogen-bond acceptors (Lipinski definition) is 2. The Morgan fingerprint density at radius 3 is 1.95 bits per heavy atom. The molecule has 0 aliphatic carbocycles. The van der Waals surface area contributed by atoms with Crippen LogP contribution in [0.15, 0.2) is 82.8 Å². The third kappa shape index (κ3) is 4.31. The van der Waals surface area contributed by atoms with Gasteiger partial charge in [-0.05, 0) is 0 Å². The molecule has 112 valence electrons. The van der Waals surface area contributed by atoms with Crippen molar-refractivity contribution in [2.75, 3.05) is 0 Å². The number of amidine groups is 2. The average Bonchev–Trinajstić information content (AvgIpc) is 2.53. The summed E-state index contributed by atoms with van der Waals surface area (Å²) in [6.45, 7) is 0. The van der Waals surface area contributed by atoms with Crippen LogP contribution in [0.5, 0.6) is 0 Å². The van der Waals surface area contributed by atoms with E-state index in [2.05, 4.69) is 31.3 Å². The summed E-state index contributed by atoms with van der Waals surface area (Å²) in [4.78, 5) is 9.16. The van der Waals surface area contributed by atoms with Gasteiger partial charge in [-0.3, -0.25) is 0 Å². The standard InChI is InChI=1S/C17H14N3.ClH.Fe/c1-3-8-14(9-4-1)18-16-12-7-13-17(20-16)19-15-10-5-2-6-11-15;;/h1-13H,(H,18,19,20);1H;/q;;+1/p-1. The monoisotopic (exact) mass is 351 g/mol. The maximum atomic E-state index is 4.60. The van der Waals surface area contributed by atoms with Crippen molar-refractivity contribution in [2.45, 2.75) is 4.82 Å². The SMILES string of the molecule is [Cl-].[Fe+][CH]1C=CC(=Nc2ccccc2)NC1=Nc1ccccc1. The zero-order valence-electron chi connectivity index (χ0n) is 11.6. The van der Waals surface area contributed by atoms with Crippen LogP contribution in [0.25, 0.3) is 0 Å². The van der Waals surface area contributed by atoms with Crippen molar-refractivity contribution in [1.29, 1.82) is 0 Å². The van der Waals surface area contributed by atoms with Crippen molar-refractivity contribution < 1.29 is 28.4 Å². The van der Waals surface area contributed by atoms with E-state index < -0.39 is 0 Å². The van der Waals surface area contributed by atoms with E-state index in [0.717, 1.165) is 23.0 Å². The van der Waals surface area contributed by atoms with Gasteiger partial charge in [0.05, 0.1) is 0 Å². The van der Waals surface area contributed by atoms with Crippen molar-refractivity contribution >= 4 is 23.0 Å². The predicted molar refractivity (Wildman–Crippen MR) is 83.1 cm³/mol. The molecule has 0 saturated heterocycles. The van der Waals surface area contributed by atoms with E-state index in [0.29, 0.717) is 0 Å². The molecule has 1 atom stereocenters. The molecule has 1 aliphatic rings. The quantitative estimate of drug-likeness (QED) is 0.804. The molecule has 1 N–H and O–H groups in total. The molecular weight excluding hydrogens is 338 g/mol. The van der Waals surface area contributed by atoms with Crippen LogP contribution in [0.3, 0.4) is 0 Å². The van der Waals surface area contributed by atoms with E-state index in [-0.39, 0.29) is 17.2 Å². The minimum atomic E-state index is -0.0000653. The summed E-state index contributed by atoms with van der Waals surface area (Å²) >= 11 is 4.08. The van der Waals surface area contributed by atoms with Crippen molar-refractivity contribution in [3.8, 4) is 0 Å². The molecule has 2 aromatic rings. The summed E-state index contributed by atoms with van der Waals surface area (Å²) in [6, 6.07) is 19.7. The Morgan fingerprint density at radius 1 is 0.818 bits per heavy atom. The van der Waals surface area contributed by atoms with Gasteiger partial charge < -0.3 is 12.4 Å². The molecule has 3 nitrogen and oxygen atoms in total. The van der Waals surface area contributed by atoms with Crippen molar-refractivity contribution in [3.63, 3.8) is 0 Å². The van der Waals surface area contributed by atoms with Crippen LogP contribution in [-0.4, -0.2) is 11.7 Å². The van der Waals surface area contributed by atoms with Crippen molar-refractivity contribution in [1.82, 2.24) is 5.32 Å². The average molecular weight is 352 g/mol. The number of aliphatic imine (C=N–C) groups is 2. The molecule has 1 heterocycles. The van der Waals surface area contributed by atoms with Gasteiger partial charge in [0, 0.05) is 0 Å². The third-order valence-electron chi connectivity index (χ3n) is 2.94. The Bertz CT molecular complexity index is 696. The van der Waals surface area contributed by atoms with E-state index in [9.17, 15) is 0 Å². The summed E-state index contributed by atoms with van der Waals surface area (Å²) in [5, 5.41) is 3.25. The van der Waals surface area contributed by atoms with E-state index >= 15 is 0 Å². The number of benzene rings is 2. The molecule has 0 saturated carbocycles. The van der Waals surface area contributed by atoms with Gasteiger partial charge in [-0.1, -0.05) is 0 Å². The van der Waals surface area contributed by atoms with Gasteiger partial charge in [-0.15, -0.1) is 0 Å². The number of rotatable bonds is 2. The third-order valence-corrected chi connectivity index (χ3v) is 3.45. The molecule has 2 aromatic carbocycles. The van der Waals surface area contributed by atoms with Crippen LogP contribution in [0, 0.1) is 0 Å². The predicted octanol–water partition coefficient (Wildman–Crippen LogP) is 0.945. The van der Waals surface area contributed by atoms with E-state index in [4.69, 9.17) is 0 Å². The van der Waals surface area contributed by atoms with Crippen molar-refractivity contribution in [3.05, 3.63) is 72.8 Å². The first-order valence-electron chi connectivity index (χ1n) is 6.66. The van der Waals surface area contributed by atoms with Crippen LogP contribution in [0.1, 0.15) is 0 Å². The molecule has 0 bridgehead atoms. The Hall–Kier alpha value is -1.87. The summed E-state index contributed by atoms with van der Waals surface area (Å²) in [5.41, 5.74) is 1.81. The number of halogens is 1. The van der Waals surface area contributed by atoms with Gasteiger partial charge in [-0.2, -0.15) is 0 Å². The van der Waals surface area contributed by atoms with Gasteiger partial charge in [0.15, 0.2) is 0 Å². The Balaban J connectivity index is 0.00000176. The second-order valence-electron chi connectivity index (χ2n) is 4.54. The summed E-state index contributed by atoms with van der Waals surface area (Å²) < 4.78 is 0. The first-order valence-corrected chi connectivity index (χ1v) is 7.30. The van der Waals surface area contributed by atoms with E-state index in [1.807, 2.05) is 72.8 Å². The summed E-state index contributed by atoms with van der Waals surface area (Å²) in [5.74, 6) is 1.58. The second-order valence-corrected chi connectivity index (χ2v) is 5.22. The number of para-hydroxylation sites is 2. The molecule has 0 spiro atoms. The van der Waals surface area contributed by atoms with Crippen LogP contribution in [0.4, 0.5) is 11.4 Å². The Labute approximate surface area is 144 Å². The van der Waals surface area contributed by atoms with Crippen LogP contribution in [-0.2, 0) is 16.0 Å². The number of hydrogen-bond donors (Lipinski definition) is 1. The fourth-order valence-electron chi connectivity index (χ4n) is 1.94. The van der Waals surface area contributed by atoms with E-state index in [1.165, 1.54) is 0 Å². The van der Waals surface area contributed by atoms with Crippen LogP contribution < -0.4 is 17.7 Å². The normalized spacial score (nSPS) is 20.5. The van der Waals surface area contributed by atoms with E-state index in [1.54, 1.807) is 0 Å². The van der Waals surface area contributed by atoms with Crippen LogP contribution >= 0.6 is 0 Å². The molecule has 1 unspecified atom stereocenters. The molecule has 0 aromatic heterocycles. The number of nitrogens with zero attached hydrogens (tertiary/aromatic N) is 2. The van der Waals surface area contributed by atoms with Gasteiger partial charge in [0.25, 0.3) is 0 Å². The fraction of sp³-hybridized carbons (Fsp3) is 0.0588. The molecule has 5 heteroatoms. The molecule has 0 radical (unpaired) electrons. The first-order chi connectivity index (χ1) is 10.3. The zero-order chi connectivity index (χ0) is 14.5. The molecule has 1 aliphatic heterocycles. The fourth-order valence-corrected chi connectivity index (χ4v) is 2.20. The van der Waals surface area contributed by atoms with Gasteiger partial charge >= 0.3 is 132 Å². The van der Waals surface area contributed by atoms with Crippen LogP contribution in [0.2, 0.25) is 4.82 Å². The Kier molecular flexibility index (Phi) is 5.96. The van der Waals surface area contributed by atoms with Gasteiger partial charge in [0.2, 0.25) is 0 Å². The maximum absolute atomic E-state index is 4.60. The summed E-state index contributed by atoms with van der Waals surface area (Å²) in [7, 11) is 0. The van der Waals surface area contributed by atoms with Gasteiger partial charge in [-0.25, -0.2) is 0 Å². The molecule has 3 rings (SSSR count). The molecular formula is C17H14ClFeN3. The molecule has 0 fully saturated rings. The molecule has 22 heavy (non-hydrogen) atoms.